The number of thiazole rings is 1. The van der Waals surface area contributed by atoms with Crippen LogP contribution >= 0.6 is 11.3 Å². The second kappa shape index (κ2) is 12.9. The second-order valence-electron chi connectivity index (χ2n) is 13.5. The molecule has 10 rings (SSSR count). The number of para-hydroxylation sites is 1. The molecule has 0 N–H and O–H groups in total. The Morgan fingerprint density at radius 1 is 0.415 bits per heavy atom. The van der Waals surface area contributed by atoms with E-state index in [1.807, 2.05) is 0 Å². The molecule has 0 spiro atoms. The Labute approximate surface area is 313 Å². The van der Waals surface area contributed by atoms with E-state index in [0.29, 0.717) is 0 Å². The van der Waals surface area contributed by atoms with Crippen LogP contribution in [0.3, 0.4) is 0 Å². The van der Waals surface area contributed by atoms with Gasteiger partial charge in [0.25, 0.3) is 0 Å². The summed E-state index contributed by atoms with van der Waals surface area (Å²) in [4.78, 5) is 7.60. The number of aromatic nitrogens is 1. The van der Waals surface area contributed by atoms with Gasteiger partial charge >= 0.3 is 0 Å². The van der Waals surface area contributed by atoms with E-state index in [4.69, 9.17) is 4.98 Å². The van der Waals surface area contributed by atoms with E-state index in [-0.39, 0.29) is 0 Å². The molecule has 8 aromatic carbocycles. The SMILES string of the molecule is c1ccc(-c2nc3cc(N(c4ccc5c(c4)C(c4ccccc4)(c4ccccc4)c4ccccc4-5)c4ccccc4-c4ccccc4)ccc3s2)cc1. The summed E-state index contributed by atoms with van der Waals surface area (Å²) < 4.78 is 1.17. The van der Waals surface area contributed by atoms with Crippen molar-refractivity contribution in [3.8, 4) is 32.8 Å². The number of rotatable bonds is 7. The average molecular weight is 695 g/mol. The summed E-state index contributed by atoms with van der Waals surface area (Å²) in [6.07, 6.45) is 0. The first kappa shape index (κ1) is 31.2. The molecule has 3 heteroatoms. The van der Waals surface area contributed by atoms with Crippen LogP contribution in [0.4, 0.5) is 17.1 Å². The number of anilines is 3. The molecule has 250 valence electrons. The van der Waals surface area contributed by atoms with Crippen LogP contribution in [0.15, 0.2) is 206 Å². The van der Waals surface area contributed by atoms with Gasteiger partial charge in [-0.2, -0.15) is 0 Å². The Hall–Kier alpha value is -6.55. The van der Waals surface area contributed by atoms with E-state index in [2.05, 4.69) is 211 Å². The highest BCUT2D eigenvalue weighted by Crippen LogP contribution is 2.57. The highest BCUT2D eigenvalue weighted by atomic mass is 32.1. The Morgan fingerprint density at radius 3 is 1.64 bits per heavy atom. The van der Waals surface area contributed by atoms with Crippen LogP contribution in [0.25, 0.3) is 43.0 Å². The predicted octanol–water partition coefficient (Wildman–Crippen LogP) is 13.5. The maximum Gasteiger partial charge on any atom is 0.124 e. The number of fused-ring (bicyclic) bond motifs is 4. The lowest BCUT2D eigenvalue weighted by molar-refractivity contribution is 0.768. The van der Waals surface area contributed by atoms with Crippen LogP contribution in [0.5, 0.6) is 0 Å². The van der Waals surface area contributed by atoms with Crippen LogP contribution in [0, 0.1) is 0 Å². The van der Waals surface area contributed by atoms with Gasteiger partial charge in [0, 0.05) is 22.5 Å². The highest BCUT2D eigenvalue weighted by Gasteiger charge is 2.46. The van der Waals surface area contributed by atoms with Gasteiger partial charge in [0.05, 0.1) is 21.3 Å². The normalized spacial score (nSPS) is 12.7. The van der Waals surface area contributed by atoms with E-state index >= 15 is 0 Å². The van der Waals surface area contributed by atoms with Crippen molar-refractivity contribution in [2.45, 2.75) is 5.41 Å². The fourth-order valence-corrected chi connectivity index (χ4v) is 9.24. The molecule has 1 aromatic heterocycles. The molecule has 0 saturated carbocycles. The lowest BCUT2D eigenvalue weighted by Gasteiger charge is -2.35. The zero-order valence-electron chi connectivity index (χ0n) is 28.9. The summed E-state index contributed by atoms with van der Waals surface area (Å²) in [5, 5.41) is 1.03. The third-order valence-electron chi connectivity index (χ3n) is 10.6. The van der Waals surface area contributed by atoms with Gasteiger partial charge in [0.15, 0.2) is 0 Å². The predicted molar refractivity (Wildman–Crippen MR) is 222 cm³/mol. The molecule has 0 saturated heterocycles. The van der Waals surface area contributed by atoms with E-state index in [0.717, 1.165) is 38.7 Å². The molecule has 1 aliphatic carbocycles. The van der Waals surface area contributed by atoms with E-state index < -0.39 is 5.41 Å². The Balaban J connectivity index is 1.24. The van der Waals surface area contributed by atoms with E-state index in [9.17, 15) is 0 Å². The van der Waals surface area contributed by atoms with Gasteiger partial charge in [-0.1, -0.05) is 170 Å². The van der Waals surface area contributed by atoms with Gasteiger partial charge in [-0.05, 0) is 75.3 Å². The quantitative estimate of drug-likeness (QED) is 0.165. The van der Waals surface area contributed by atoms with Crippen molar-refractivity contribution in [1.82, 2.24) is 4.98 Å². The minimum atomic E-state index is -0.501. The fraction of sp³-hybridized carbons (Fsp3) is 0.0200. The number of nitrogens with zero attached hydrogens (tertiary/aromatic N) is 2. The first-order valence-corrected chi connectivity index (χ1v) is 18.9. The van der Waals surface area contributed by atoms with Gasteiger partial charge in [-0.15, -0.1) is 11.3 Å². The van der Waals surface area contributed by atoms with Gasteiger partial charge in [-0.25, -0.2) is 4.98 Å². The van der Waals surface area contributed by atoms with Crippen LogP contribution < -0.4 is 4.90 Å². The molecule has 0 fully saturated rings. The van der Waals surface area contributed by atoms with Crippen molar-refractivity contribution in [3.63, 3.8) is 0 Å². The summed E-state index contributed by atoms with van der Waals surface area (Å²) in [6.45, 7) is 0. The second-order valence-corrected chi connectivity index (χ2v) is 14.5. The molecule has 0 amide bonds. The fourth-order valence-electron chi connectivity index (χ4n) is 8.29. The van der Waals surface area contributed by atoms with Crippen LogP contribution in [-0.4, -0.2) is 4.98 Å². The first-order chi connectivity index (χ1) is 26.3. The van der Waals surface area contributed by atoms with E-state index in [1.54, 1.807) is 11.3 Å². The third kappa shape index (κ3) is 5.12. The van der Waals surface area contributed by atoms with Crippen molar-refractivity contribution in [2.75, 3.05) is 4.90 Å². The molecular weight excluding hydrogens is 661 g/mol. The van der Waals surface area contributed by atoms with Gasteiger partial charge in [-0.3, -0.25) is 0 Å². The lowest BCUT2D eigenvalue weighted by atomic mass is 9.67. The molecule has 0 radical (unpaired) electrons. The zero-order valence-corrected chi connectivity index (χ0v) is 29.7. The van der Waals surface area contributed by atoms with Gasteiger partial charge in [0.2, 0.25) is 0 Å². The molecule has 0 atom stereocenters. The first-order valence-electron chi connectivity index (χ1n) is 18.0. The minimum Gasteiger partial charge on any atom is -0.310 e. The van der Waals surface area contributed by atoms with Crippen LogP contribution in [0.2, 0.25) is 0 Å². The van der Waals surface area contributed by atoms with E-state index in [1.165, 1.54) is 43.6 Å². The van der Waals surface area contributed by atoms with Crippen molar-refractivity contribution >= 4 is 38.6 Å². The number of hydrogen-bond donors (Lipinski definition) is 0. The molecular formula is C50H34N2S. The van der Waals surface area contributed by atoms with Crippen LogP contribution in [-0.2, 0) is 5.41 Å². The maximum absolute atomic E-state index is 5.17. The monoisotopic (exact) mass is 694 g/mol. The Morgan fingerprint density at radius 2 is 0.943 bits per heavy atom. The topological polar surface area (TPSA) is 16.1 Å². The smallest absolute Gasteiger partial charge is 0.124 e. The van der Waals surface area contributed by atoms with Crippen molar-refractivity contribution < 1.29 is 0 Å². The summed E-state index contributed by atoms with van der Waals surface area (Å²) in [5.41, 5.74) is 14.8. The number of benzene rings is 8. The van der Waals surface area contributed by atoms with Crippen molar-refractivity contribution in [3.05, 3.63) is 229 Å². The molecule has 0 bridgehead atoms. The highest BCUT2D eigenvalue weighted by molar-refractivity contribution is 7.21. The number of hydrogen-bond acceptors (Lipinski definition) is 3. The molecule has 0 aliphatic heterocycles. The van der Waals surface area contributed by atoms with Gasteiger partial charge in [0.1, 0.15) is 5.01 Å². The molecule has 53 heavy (non-hydrogen) atoms. The summed E-state index contributed by atoms with van der Waals surface area (Å²) in [6, 6.07) is 74.7. The minimum absolute atomic E-state index is 0.501. The van der Waals surface area contributed by atoms with Gasteiger partial charge < -0.3 is 4.90 Å². The molecule has 2 nitrogen and oxygen atoms in total. The lowest BCUT2D eigenvalue weighted by Crippen LogP contribution is -2.28. The summed E-state index contributed by atoms with van der Waals surface area (Å²) in [5.74, 6) is 0. The largest absolute Gasteiger partial charge is 0.310 e. The maximum atomic E-state index is 5.17. The standard InChI is InChI=1S/C50H34N2S/c1-5-17-35(18-6-1)41-25-14-16-28-47(41)52(40-30-32-48-46(34-40)51-49(53-48)36-19-7-2-8-20-36)39-29-31-43-42-26-13-15-27-44(42)50(45(43)33-39,37-21-9-3-10-22-37)38-23-11-4-12-24-38/h1-34H. The molecule has 1 heterocycles. The molecule has 9 aromatic rings. The summed E-state index contributed by atoms with van der Waals surface area (Å²) in [7, 11) is 0. The molecule has 0 unspecified atom stereocenters. The average Bonchev–Trinajstić information content (AvgIpc) is 3.80. The van der Waals surface area contributed by atoms with Crippen molar-refractivity contribution in [1.29, 1.82) is 0 Å². The van der Waals surface area contributed by atoms with Crippen LogP contribution in [0.1, 0.15) is 22.3 Å². The Kier molecular flexibility index (Phi) is 7.59. The van der Waals surface area contributed by atoms with Crippen molar-refractivity contribution in [2.24, 2.45) is 0 Å². The summed E-state index contributed by atoms with van der Waals surface area (Å²) >= 11 is 1.74. The third-order valence-corrected chi connectivity index (χ3v) is 11.7. The Bertz CT molecular complexity index is 2680. The molecule has 1 aliphatic rings. The zero-order chi connectivity index (χ0) is 35.2.